The first-order chi connectivity index (χ1) is 7.09. The molecule has 0 bridgehead atoms. The molecule has 0 radical (unpaired) electrons. The molecule has 2 N–H and O–H groups in total. The van der Waals surface area contributed by atoms with E-state index in [1.54, 1.807) is 0 Å². The number of carbonyl (C=O) groups is 1. The first-order valence-corrected chi connectivity index (χ1v) is 6.07. The van der Waals surface area contributed by atoms with Gasteiger partial charge in [0.15, 0.2) is 0 Å². The summed E-state index contributed by atoms with van der Waals surface area (Å²) in [6.45, 7) is 9.44. The van der Waals surface area contributed by atoms with Crippen LogP contribution in [0.1, 0.15) is 33.6 Å². The number of piperidine rings is 1. The van der Waals surface area contributed by atoms with Crippen molar-refractivity contribution in [2.75, 3.05) is 19.6 Å². The smallest absolute Gasteiger partial charge is 0.220 e. The van der Waals surface area contributed by atoms with Crippen LogP contribution in [-0.4, -0.2) is 25.5 Å². The Bertz CT molecular complexity index is 204. The highest BCUT2D eigenvalue weighted by Crippen LogP contribution is 2.17. The molecule has 1 saturated heterocycles. The van der Waals surface area contributed by atoms with Crippen LogP contribution in [0.3, 0.4) is 0 Å². The van der Waals surface area contributed by atoms with Crippen LogP contribution in [0.15, 0.2) is 0 Å². The van der Waals surface area contributed by atoms with Gasteiger partial charge in [-0.25, -0.2) is 0 Å². The largest absolute Gasteiger partial charge is 0.356 e. The van der Waals surface area contributed by atoms with Crippen molar-refractivity contribution in [2.45, 2.75) is 33.6 Å². The van der Waals surface area contributed by atoms with Gasteiger partial charge in [-0.1, -0.05) is 20.8 Å². The number of amides is 1. The molecule has 3 nitrogen and oxygen atoms in total. The highest BCUT2D eigenvalue weighted by atomic mass is 16.1. The molecule has 1 heterocycles. The third kappa shape index (κ3) is 4.65. The van der Waals surface area contributed by atoms with E-state index in [1.165, 1.54) is 6.42 Å². The number of hydrogen-bond donors (Lipinski definition) is 2. The summed E-state index contributed by atoms with van der Waals surface area (Å²) in [7, 11) is 0. The lowest BCUT2D eigenvalue weighted by atomic mass is 9.88. The predicted molar refractivity (Wildman–Crippen MR) is 62.6 cm³/mol. The van der Waals surface area contributed by atoms with E-state index in [4.69, 9.17) is 0 Å². The van der Waals surface area contributed by atoms with Gasteiger partial charge in [0.1, 0.15) is 0 Å². The molecule has 1 aliphatic heterocycles. The molecule has 1 aliphatic rings. The molecule has 88 valence electrons. The lowest BCUT2D eigenvalue weighted by molar-refractivity contribution is -0.122. The fraction of sp³-hybridized carbons (Fsp3) is 0.917. The molecule has 3 heteroatoms. The van der Waals surface area contributed by atoms with Gasteiger partial charge in [-0.15, -0.1) is 0 Å². The summed E-state index contributed by atoms with van der Waals surface area (Å²) < 4.78 is 0. The predicted octanol–water partition coefficient (Wildman–Crippen LogP) is 1.39. The number of carbonyl (C=O) groups excluding carboxylic acids is 1. The van der Waals surface area contributed by atoms with Crippen LogP contribution < -0.4 is 10.6 Å². The first kappa shape index (κ1) is 12.5. The van der Waals surface area contributed by atoms with Crippen molar-refractivity contribution in [1.29, 1.82) is 0 Å². The van der Waals surface area contributed by atoms with Gasteiger partial charge in [-0.3, -0.25) is 4.79 Å². The van der Waals surface area contributed by atoms with Crippen molar-refractivity contribution in [2.24, 2.45) is 17.8 Å². The van der Waals surface area contributed by atoms with E-state index in [0.717, 1.165) is 19.6 Å². The second kappa shape index (κ2) is 6.11. The Labute approximate surface area is 93.0 Å². The highest BCUT2D eigenvalue weighted by molar-refractivity contribution is 5.76. The lowest BCUT2D eigenvalue weighted by Gasteiger charge is -2.29. The fourth-order valence-corrected chi connectivity index (χ4v) is 2.06. The number of hydrogen-bond acceptors (Lipinski definition) is 2. The molecule has 0 spiro atoms. The maximum atomic E-state index is 11.5. The van der Waals surface area contributed by atoms with Gasteiger partial charge in [0.25, 0.3) is 0 Å². The third-order valence-corrected chi connectivity index (χ3v) is 3.12. The molecule has 0 aromatic heterocycles. The Morgan fingerprint density at radius 3 is 2.87 bits per heavy atom. The minimum atomic E-state index is 0.204. The zero-order chi connectivity index (χ0) is 11.3. The average Bonchev–Trinajstić information content (AvgIpc) is 2.15. The van der Waals surface area contributed by atoms with E-state index in [0.29, 0.717) is 24.2 Å². The maximum Gasteiger partial charge on any atom is 0.220 e. The van der Waals surface area contributed by atoms with E-state index >= 15 is 0 Å². The highest BCUT2D eigenvalue weighted by Gasteiger charge is 2.21. The summed E-state index contributed by atoms with van der Waals surface area (Å²) in [6.07, 6.45) is 1.84. The quantitative estimate of drug-likeness (QED) is 0.739. The molecule has 1 fully saturated rings. The van der Waals surface area contributed by atoms with Crippen molar-refractivity contribution >= 4 is 5.91 Å². The van der Waals surface area contributed by atoms with Crippen molar-refractivity contribution in [3.05, 3.63) is 0 Å². The number of nitrogens with one attached hydrogen (secondary N) is 2. The molecule has 0 aromatic rings. The summed E-state index contributed by atoms with van der Waals surface area (Å²) in [6, 6.07) is 0. The second-order valence-corrected chi connectivity index (χ2v) is 5.13. The fourth-order valence-electron chi connectivity index (χ4n) is 2.06. The molecule has 2 unspecified atom stereocenters. The van der Waals surface area contributed by atoms with E-state index in [2.05, 4.69) is 31.4 Å². The lowest BCUT2D eigenvalue weighted by Crippen LogP contribution is -2.41. The second-order valence-electron chi connectivity index (χ2n) is 5.13. The average molecular weight is 212 g/mol. The third-order valence-electron chi connectivity index (χ3n) is 3.12. The molecule has 2 atom stereocenters. The Kier molecular flexibility index (Phi) is 5.09. The first-order valence-electron chi connectivity index (χ1n) is 6.07. The van der Waals surface area contributed by atoms with Crippen molar-refractivity contribution in [1.82, 2.24) is 10.6 Å². The van der Waals surface area contributed by atoms with Crippen LogP contribution in [-0.2, 0) is 4.79 Å². The standard InChI is InChI=1S/C12H24N2O/c1-9(2)6-12(15)14-8-11-4-5-13-7-10(11)3/h9-11,13H,4-8H2,1-3H3,(H,14,15). The Hall–Kier alpha value is -0.570. The monoisotopic (exact) mass is 212 g/mol. The zero-order valence-corrected chi connectivity index (χ0v) is 10.2. The van der Waals surface area contributed by atoms with E-state index in [-0.39, 0.29) is 5.91 Å². The van der Waals surface area contributed by atoms with Crippen molar-refractivity contribution in [3.8, 4) is 0 Å². The van der Waals surface area contributed by atoms with Crippen LogP contribution in [0.5, 0.6) is 0 Å². The normalized spacial score (nSPS) is 26.7. The van der Waals surface area contributed by atoms with Gasteiger partial charge in [-0.05, 0) is 37.3 Å². The summed E-state index contributed by atoms with van der Waals surface area (Å²) in [5.41, 5.74) is 0. The van der Waals surface area contributed by atoms with Crippen LogP contribution in [0.4, 0.5) is 0 Å². The summed E-state index contributed by atoms with van der Waals surface area (Å²) in [4.78, 5) is 11.5. The molecular formula is C12H24N2O. The van der Waals surface area contributed by atoms with Crippen molar-refractivity contribution < 1.29 is 4.79 Å². The zero-order valence-electron chi connectivity index (χ0n) is 10.2. The molecule has 0 aromatic carbocycles. The number of rotatable bonds is 4. The Morgan fingerprint density at radius 1 is 1.53 bits per heavy atom. The topological polar surface area (TPSA) is 41.1 Å². The van der Waals surface area contributed by atoms with Gasteiger partial charge >= 0.3 is 0 Å². The van der Waals surface area contributed by atoms with Gasteiger partial charge < -0.3 is 10.6 Å². The molecular weight excluding hydrogens is 188 g/mol. The van der Waals surface area contributed by atoms with Crippen molar-refractivity contribution in [3.63, 3.8) is 0 Å². The Balaban J connectivity index is 2.20. The van der Waals surface area contributed by atoms with Crippen LogP contribution in [0, 0.1) is 17.8 Å². The minimum Gasteiger partial charge on any atom is -0.356 e. The van der Waals surface area contributed by atoms with Crippen LogP contribution in [0.2, 0.25) is 0 Å². The van der Waals surface area contributed by atoms with Gasteiger partial charge in [0.05, 0.1) is 0 Å². The van der Waals surface area contributed by atoms with Gasteiger partial charge in [-0.2, -0.15) is 0 Å². The summed E-state index contributed by atoms with van der Waals surface area (Å²) in [5, 5.41) is 6.42. The van der Waals surface area contributed by atoms with E-state index < -0.39 is 0 Å². The van der Waals surface area contributed by atoms with Crippen LogP contribution >= 0.6 is 0 Å². The van der Waals surface area contributed by atoms with Crippen LogP contribution in [0.25, 0.3) is 0 Å². The van der Waals surface area contributed by atoms with Gasteiger partial charge in [0.2, 0.25) is 5.91 Å². The van der Waals surface area contributed by atoms with E-state index in [1.807, 2.05) is 0 Å². The van der Waals surface area contributed by atoms with E-state index in [9.17, 15) is 4.79 Å². The Morgan fingerprint density at radius 2 is 2.27 bits per heavy atom. The molecule has 0 saturated carbocycles. The summed E-state index contributed by atoms with van der Waals surface area (Å²) >= 11 is 0. The summed E-state index contributed by atoms with van der Waals surface area (Å²) in [5.74, 6) is 1.99. The maximum absolute atomic E-state index is 11.5. The molecule has 1 amide bonds. The molecule has 1 rings (SSSR count). The minimum absolute atomic E-state index is 0.204. The molecule has 0 aliphatic carbocycles. The van der Waals surface area contributed by atoms with Gasteiger partial charge in [0, 0.05) is 13.0 Å². The molecule has 15 heavy (non-hydrogen) atoms. The SMILES string of the molecule is CC(C)CC(=O)NCC1CCNCC1C.